The molecule has 2 rings (SSSR count). The first-order valence-electron chi connectivity index (χ1n) is 5.95. The Bertz CT molecular complexity index is 467. The van der Waals surface area contributed by atoms with E-state index in [9.17, 15) is 0 Å². The summed E-state index contributed by atoms with van der Waals surface area (Å²) >= 11 is 5.92. The van der Waals surface area contributed by atoms with Crippen LogP contribution in [0.1, 0.15) is 38.2 Å². The molecule has 2 heteroatoms. The number of halogens is 1. The molecule has 88 valence electrons. The minimum Gasteiger partial charge on any atom is -0.198 e. The van der Waals surface area contributed by atoms with Crippen LogP contribution in [0.2, 0.25) is 5.02 Å². The molecule has 1 aromatic carbocycles. The SMILES string of the molecule is CC1=CCC(CC#N)(c2ccc(Cl)cc2)CC1. The quantitative estimate of drug-likeness (QED) is 0.698. The summed E-state index contributed by atoms with van der Waals surface area (Å²) in [6.07, 6.45) is 5.97. The van der Waals surface area contributed by atoms with Gasteiger partial charge in [-0.2, -0.15) is 5.26 Å². The molecule has 1 unspecified atom stereocenters. The molecule has 0 aliphatic heterocycles. The van der Waals surface area contributed by atoms with E-state index in [1.807, 2.05) is 12.1 Å². The standard InChI is InChI=1S/C15H16ClN/c1-12-6-8-15(9-7-12,10-11-17)13-2-4-14(16)5-3-13/h2-6H,7-10H2,1H3. The minimum absolute atomic E-state index is 0.00114. The summed E-state index contributed by atoms with van der Waals surface area (Å²) in [6, 6.07) is 10.3. The highest BCUT2D eigenvalue weighted by Gasteiger charge is 2.32. The summed E-state index contributed by atoms with van der Waals surface area (Å²) in [7, 11) is 0. The molecular weight excluding hydrogens is 230 g/mol. The molecule has 0 amide bonds. The number of hydrogen-bond donors (Lipinski definition) is 0. The second-order valence-electron chi connectivity index (χ2n) is 4.88. The van der Waals surface area contributed by atoms with E-state index < -0.39 is 0 Å². The van der Waals surface area contributed by atoms with Crippen molar-refractivity contribution in [1.29, 1.82) is 5.26 Å². The van der Waals surface area contributed by atoms with Gasteiger partial charge in [-0.15, -0.1) is 0 Å². The van der Waals surface area contributed by atoms with Crippen molar-refractivity contribution < 1.29 is 0 Å². The first-order valence-corrected chi connectivity index (χ1v) is 6.33. The smallest absolute Gasteiger partial charge is 0.0631 e. The monoisotopic (exact) mass is 245 g/mol. The molecule has 0 aromatic heterocycles. The van der Waals surface area contributed by atoms with E-state index in [-0.39, 0.29) is 5.41 Å². The highest BCUT2D eigenvalue weighted by atomic mass is 35.5. The van der Waals surface area contributed by atoms with Crippen molar-refractivity contribution in [3.63, 3.8) is 0 Å². The van der Waals surface area contributed by atoms with Crippen LogP contribution in [0.5, 0.6) is 0 Å². The number of nitrogens with zero attached hydrogens (tertiary/aromatic N) is 1. The van der Waals surface area contributed by atoms with Gasteiger partial charge in [0.1, 0.15) is 0 Å². The molecule has 1 atom stereocenters. The van der Waals surface area contributed by atoms with Crippen molar-refractivity contribution in [1.82, 2.24) is 0 Å². The molecule has 0 N–H and O–H groups in total. The third kappa shape index (κ3) is 2.53. The first kappa shape index (κ1) is 12.2. The molecule has 1 aromatic rings. The van der Waals surface area contributed by atoms with Gasteiger partial charge in [-0.3, -0.25) is 0 Å². The van der Waals surface area contributed by atoms with Crippen LogP contribution in [0.15, 0.2) is 35.9 Å². The van der Waals surface area contributed by atoms with Crippen LogP contribution in [0.4, 0.5) is 0 Å². The fourth-order valence-corrected chi connectivity index (χ4v) is 2.62. The van der Waals surface area contributed by atoms with Gasteiger partial charge in [0.05, 0.1) is 6.07 Å². The zero-order valence-corrected chi connectivity index (χ0v) is 10.8. The molecule has 0 spiro atoms. The van der Waals surface area contributed by atoms with E-state index in [0.29, 0.717) is 6.42 Å². The number of hydrogen-bond acceptors (Lipinski definition) is 1. The van der Waals surface area contributed by atoms with E-state index in [1.165, 1.54) is 11.1 Å². The summed E-state index contributed by atoms with van der Waals surface area (Å²) in [5.41, 5.74) is 2.68. The van der Waals surface area contributed by atoms with Crippen LogP contribution in [-0.2, 0) is 5.41 Å². The van der Waals surface area contributed by atoms with Gasteiger partial charge in [-0.1, -0.05) is 35.4 Å². The lowest BCUT2D eigenvalue weighted by molar-refractivity contribution is 0.388. The Kier molecular flexibility index (Phi) is 3.54. The number of allylic oxidation sites excluding steroid dienone is 2. The summed E-state index contributed by atoms with van der Waals surface area (Å²) in [6.45, 7) is 2.16. The molecule has 0 heterocycles. The minimum atomic E-state index is -0.00114. The van der Waals surface area contributed by atoms with Crippen molar-refractivity contribution >= 4 is 11.6 Å². The van der Waals surface area contributed by atoms with E-state index in [2.05, 4.69) is 31.2 Å². The van der Waals surface area contributed by atoms with Gasteiger partial charge in [0.2, 0.25) is 0 Å². The second kappa shape index (κ2) is 4.94. The molecule has 1 aliphatic rings. The number of nitriles is 1. The van der Waals surface area contributed by atoms with Crippen molar-refractivity contribution in [2.45, 2.75) is 38.0 Å². The Labute approximate surface area is 108 Å². The molecule has 1 aliphatic carbocycles. The third-order valence-electron chi connectivity index (χ3n) is 3.71. The third-order valence-corrected chi connectivity index (χ3v) is 3.97. The van der Waals surface area contributed by atoms with E-state index in [1.54, 1.807) is 0 Å². The summed E-state index contributed by atoms with van der Waals surface area (Å²) < 4.78 is 0. The van der Waals surface area contributed by atoms with Gasteiger partial charge in [0.15, 0.2) is 0 Å². The zero-order valence-electron chi connectivity index (χ0n) is 10.0. The molecule has 0 radical (unpaired) electrons. The Morgan fingerprint density at radius 3 is 2.59 bits per heavy atom. The predicted octanol–water partition coefficient (Wildman–Crippen LogP) is 4.62. The maximum atomic E-state index is 9.07. The average molecular weight is 246 g/mol. The van der Waals surface area contributed by atoms with E-state index in [4.69, 9.17) is 16.9 Å². The number of rotatable bonds is 2. The summed E-state index contributed by atoms with van der Waals surface area (Å²) in [5, 5.41) is 9.82. The Morgan fingerprint density at radius 1 is 1.35 bits per heavy atom. The fourth-order valence-electron chi connectivity index (χ4n) is 2.49. The molecule has 0 saturated heterocycles. The topological polar surface area (TPSA) is 23.8 Å². The summed E-state index contributed by atoms with van der Waals surface area (Å²) in [4.78, 5) is 0. The lowest BCUT2D eigenvalue weighted by Gasteiger charge is -2.34. The first-order chi connectivity index (χ1) is 8.16. The normalized spacial score (nSPS) is 23.9. The Morgan fingerprint density at radius 2 is 2.06 bits per heavy atom. The molecule has 1 nitrogen and oxygen atoms in total. The van der Waals surface area contributed by atoms with Crippen LogP contribution in [0, 0.1) is 11.3 Å². The van der Waals surface area contributed by atoms with Gasteiger partial charge in [-0.25, -0.2) is 0 Å². The average Bonchev–Trinajstić information content (AvgIpc) is 2.34. The number of benzene rings is 1. The summed E-state index contributed by atoms with van der Waals surface area (Å²) in [5.74, 6) is 0. The maximum Gasteiger partial charge on any atom is 0.0631 e. The van der Waals surface area contributed by atoms with Crippen LogP contribution < -0.4 is 0 Å². The Hall–Kier alpha value is -1.26. The molecule has 17 heavy (non-hydrogen) atoms. The van der Waals surface area contributed by atoms with Gasteiger partial charge >= 0.3 is 0 Å². The van der Waals surface area contributed by atoms with Crippen LogP contribution >= 0.6 is 11.6 Å². The predicted molar refractivity (Wildman–Crippen MR) is 71.0 cm³/mol. The van der Waals surface area contributed by atoms with Crippen molar-refractivity contribution in [2.75, 3.05) is 0 Å². The van der Waals surface area contributed by atoms with Gasteiger partial charge in [0.25, 0.3) is 0 Å². The maximum absolute atomic E-state index is 9.07. The van der Waals surface area contributed by atoms with Gasteiger partial charge in [0, 0.05) is 16.9 Å². The molecule has 0 saturated carbocycles. The lowest BCUT2D eigenvalue weighted by atomic mass is 9.68. The highest BCUT2D eigenvalue weighted by Crippen LogP contribution is 2.41. The largest absolute Gasteiger partial charge is 0.198 e. The Balaban J connectivity index is 2.35. The van der Waals surface area contributed by atoms with Crippen molar-refractivity contribution in [2.24, 2.45) is 0 Å². The molecule has 0 bridgehead atoms. The van der Waals surface area contributed by atoms with Gasteiger partial charge in [-0.05, 0) is 43.9 Å². The fraction of sp³-hybridized carbons (Fsp3) is 0.400. The van der Waals surface area contributed by atoms with E-state index in [0.717, 1.165) is 24.3 Å². The molecular formula is C15H16ClN. The lowest BCUT2D eigenvalue weighted by Crippen LogP contribution is -2.27. The van der Waals surface area contributed by atoms with Crippen molar-refractivity contribution in [3.8, 4) is 6.07 Å². The van der Waals surface area contributed by atoms with Crippen molar-refractivity contribution in [3.05, 3.63) is 46.5 Å². The van der Waals surface area contributed by atoms with Gasteiger partial charge < -0.3 is 0 Å². The van der Waals surface area contributed by atoms with Crippen LogP contribution in [0.25, 0.3) is 0 Å². The van der Waals surface area contributed by atoms with E-state index >= 15 is 0 Å². The molecule has 0 fully saturated rings. The zero-order chi connectivity index (χ0) is 12.3. The highest BCUT2D eigenvalue weighted by molar-refractivity contribution is 6.30. The second-order valence-corrected chi connectivity index (χ2v) is 5.31. The van der Waals surface area contributed by atoms with Crippen LogP contribution in [-0.4, -0.2) is 0 Å². The van der Waals surface area contributed by atoms with Crippen LogP contribution in [0.3, 0.4) is 0 Å².